The molecule has 1 heterocycles. The minimum atomic E-state index is -0.409. The molecular formula is C17H14ClFN4O. The van der Waals surface area contributed by atoms with E-state index < -0.39 is 5.96 Å². The van der Waals surface area contributed by atoms with Gasteiger partial charge in [-0.05, 0) is 42.0 Å². The van der Waals surface area contributed by atoms with Crippen molar-refractivity contribution in [1.29, 1.82) is 5.41 Å². The summed E-state index contributed by atoms with van der Waals surface area (Å²) in [6, 6.07) is 12.9. The summed E-state index contributed by atoms with van der Waals surface area (Å²) in [6.45, 7) is 0. The summed E-state index contributed by atoms with van der Waals surface area (Å²) in [5, 5.41) is 22.7. The summed E-state index contributed by atoms with van der Waals surface area (Å²) < 4.78 is 14.1. The molecule has 1 aromatic heterocycles. The number of halogens is 2. The molecule has 2 aromatic carbocycles. The summed E-state index contributed by atoms with van der Waals surface area (Å²) >= 11 is 6.00. The summed E-state index contributed by atoms with van der Waals surface area (Å²) in [6.07, 6.45) is 0.340. The van der Waals surface area contributed by atoms with Gasteiger partial charge in [0.2, 0.25) is 11.8 Å². The van der Waals surface area contributed by atoms with Gasteiger partial charge in [-0.2, -0.15) is 9.78 Å². The first-order valence-corrected chi connectivity index (χ1v) is 7.49. The quantitative estimate of drug-likeness (QED) is 0.502. The van der Waals surface area contributed by atoms with Gasteiger partial charge in [0.05, 0.1) is 0 Å². The van der Waals surface area contributed by atoms with Crippen molar-refractivity contribution in [3.05, 3.63) is 70.5 Å². The molecule has 4 N–H and O–H groups in total. The summed E-state index contributed by atoms with van der Waals surface area (Å²) in [7, 11) is 0. The molecule has 0 saturated heterocycles. The summed E-state index contributed by atoms with van der Waals surface area (Å²) in [5.74, 6) is -1.000. The highest BCUT2D eigenvalue weighted by Gasteiger charge is 2.20. The van der Waals surface area contributed by atoms with Crippen LogP contribution in [0.1, 0.15) is 11.1 Å². The van der Waals surface area contributed by atoms with E-state index in [-0.39, 0.29) is 11.7 Å². The Bertz CT molecular complexity index is 905. The molecule has 0 aliphatic carbocycles. The van der Waals surface area contributed by atoms with Crippen molar-refractivity contribution < 1.29 is 9.50 Å². The average molecular weight is 345 g/mol. The second-order valence-corrected chi connectivity index (χ2v) is 5.70. The van der Waals surface area contributed by atoms with Crippen LogP contribution < -0.4 is 5.73 Å². The standard InChI is InChI=1S/C17H14ClFN4O/c18-12-3-1-2-10(8-12)9-14-15(11-4-6-13(19)7-5-11)22-23(16(14)24)17(20)21/h1-8,24H,9H2,(H3,20,21). The van der Waals surface area contributed by atoms with Gasteiger partial charge in [-0.15, -0.1) is 0 Å². The molecule has 7 heteroatoms. The van der Waals surface area contributed by atoms with Crippen molar-refractivity contribution in [1.82, 2.24) is 9.78 Å². The van der Waals surface area contributed by atoms with Crippen LogP contribution in [0.15, 0.2) is 48.5 Å². The van der Waals surface area contributed by atoms with Gasteiger partial charge in [0.1, 0.15) is 11.5 Å². The number of nitrogens with one attached hydrogen (secondary N) is 1. The topological polar surface area (TPSA) is 87.9 Å². The Kier molecular flexibility index (Phi) is 4.22. The van der Waals surface area contributed by atoms with E-state index in [4.69, 9.17) is 22.7 Å². The Morgan fingerprint density at radius 1 is 1.25 bits per heavy atom. The van der Waals surface area contributed by atoms with Gasteiger partial charge in [-0.1, -0.05) is 23.7 Å². The fourth-order valence-electron chi connectivity index (χ4n) is 2.46. The highest BCUT2D eigenvalue weighted by molar-refractivity contribution is 6.30. The average Bonchev–Trinajstić information content (AvgIpc) is 2.86. The first kappa shape index (κ1) is 16.0. The molecule has 122 valence electrons. The zero-order valence-corrected chi connectivity index (χ0v) is 13.3. The second-order valence-electron chi connectivity index (χ2n) is 5.26. The molecule has 3 rings (SSSR count). The molecule has 0 bridgehead atoms. The minimum Gasteiger partial charge on any atom is -0.493 e. The van der Waals surface area contributed by atoms with Crippen molar-refractivity contribution >= 4 is 17.6 Å². The molecule has 0 atom stereocenters. The molecule has 0 saturated carbocycles. The van der Waals surface area contributed by atoms with Crippen LogP contribution in [0.5, 0.6) is 5.88 Å². The molecule has 0 unspecified atom stereocenters. The Balaban J connectivity index is 2.12. The Hall–Kier alpha value is -2.86. The molecular weight excluding hydrogens is 331 g/mol. The molecule has 0 aliphatic rings. The van der Waals surface area contributed by atoms with E-state index in [1.54, 1.807) is 24.3 Å². The zero-order valence-electron chi connectivity index (χ0n) is 12.5. The highest BCUT2D eigenvalue weighted by atomic mass is 35.5. The molecule has 0 spiro atoms. The van der Waals surface area contributed by atoms with Crippen LogP contribution in [0.2, 0.25) is 5.02 Å². The van der Waals surface area contributed by atoms with Crippen molar-refractivity contribution in [3.63, 3.8) is 0 Å². The van der Waals surface area contributed by atoms with Gasteiger partial charge >= 0.3 is 0 Å². The minimum absolute atomic E-state index is 0.221. The van der Waals surface area contributed by atoms with Crippen LogP contribution in [0.25, 0.3) is 11.3 Å². The van der Waals surface area contributed by atoms with Crippen molar-refractivity contribution in [3.8, 4) is 17.1 Å². The molecule has 5 nitrogen and oxygen atoms in total. The highest BCUT2D eigenvalue weighted by Crippen LogP contribution is 2.32. The Morgan fingerprint density at radius 2 is 1.96 bits per heavy atom. The van der Waals surface area contributed by atoms with E-state index in [1.807, 2.05) is 12.1 Å². The first-order valence-electron chi connectivity index (χ1n) is 7.11. The van der Waals surface area contributed by atoms with Crippen LogP contribution >= 0.6 is 11.6 Å². The van der Waals surface area contributed by atoms with Crippen molar-refractivity contribution in [2.45, 2.75) is 6.42 Å². The number of nitrogens with two attached hydrogens (primary N) is 1. The Morgan fingerprint density at radius 3 is 2.58 bits per heavy atom. The lowest BCUT2D eigenvalue weighted by atomic mass is 10.0. The van der Waals surface area contributed by atoms with Crippen LogP contribution in [-0.2, 0) is 6.42 Å². The number of nitrogen functional groups attached to an aromatic ring is 1. The lowest BCUT2D eigenvalue weighted by Crippen LogP contribution is -2.21. The number of hydrogen-bond acceptors (Lipinski definition) is 3. The molecule has 0 fully saturated rings. The Labute approximate surface area is 142 Å². The molecule has 0 radical (unpaired) electrons. The van der Waals surface area contributed by atoms with E-state index in [9.17, 15) is 9.50 Å². The summed E-state index contributed by atoms with van der Waals surface area (Å²) in [5.41, 5.74) is 7.86. The smallest absolute Gasteiger partial charge is 0.221 e. The molecule has 3 aromatic rings. The molecule has 0 aliphatic heterocycles. The van der Waals surface area contributed by atoms with Crippen molar-refractivity contribution in [2.75, 3.05) is 0 Å². The lowest BCUT2D eigenvalue weighted by Gasteiger charge is -2.05. The maximum absolute atomic E-state index is 13.2. The second kappa shape index (κ2) is 6.33. The largest absolute Gasteiger partial charge is 0.493 e. The van der Waals surface area contributed by atoms with E-state index >= 15 is 0 Å². The third-order valence-electron chi connectivity index (χ3n) is 3.57. The van der Waals surface area contributed by atoms with E-state index in [0.717, 1.165) is 10.2 Å². The van der Waals surface area contributed by atoms with Crippen LogP contribution in [-0.4, -0.2) is 20.8 Å². The number of aromatic nitrogens is 2. The number of benzene rings is 2. The third kappa shape index (κ3) is 3.09. The van der Waals surface area contributed by atoms with Gasteiger partial charge in [0.25, 0.3) is 0 Å². The summed E-state index contributed by atoms with van der Waals surface area (Å²) in [4.78, 5) is 0. The fraction of sp³-hybridized carbons (Fsp3) is 0.0588. The van der Waals surface area contributed by atoms with Gasteiger partial charge in [-0.3, -0.25) is 5.41 Å². The fourth-order valence-corrected chi connectivity index (χ4v) is 2.68. The number of hydrogen-bond donors (Lipinski definition) is 3. The predicted molar refractivity (Wildman–Crippen MR) is 90.9 cm³/mol. The van der Waals surface area contributed by atoms with Crippen molar-refractivity contribution in [2.24, 2.45) is 5.73 Å². The number of rotatable bonds is 3. The zero-order chi connectivity index (χ0) is 17.3. The maximum Gasteiger partial charge on any atom is 0.221 e. The van der Waals surface area contributed by atoms with Gasteiger partial charge < -0.3 is 10.8 Å². The van der Waals surface area contributed by atoms with Gasteiger partial charge in [0.15, 0.2) is 0 Å². The van der Waals surface area contributed by atoms with Crippen LogP contribution in [0.3, 0.4) is 0 Å². The maximum atomic E-state index is 13.2. The monoisotopic (exact) mass is 344 g/mol. The third-order valence-corrected chi connectivity index (χ3v) is 3.81. The SMILES string of the molecule is N=C(N)n1nc(-c2ccc(F)cc2)c(Cc2cccc(Cl)c2)c1O. The molecule has 0 amide bonds. The first-order chi connectivity index (χ1) is 11.5. The van der Waals surface area contributed by atoms with E-state index in [1.165, 1.54) is 12.1 Å². The van der Waals surface area contributed by atoms with E-state index in [2.05, 4.69) is 5.10 Å². The number of aromatic hydroxyl groups is 1. The van der Waals surface area contributed by atoms with Gasteiger partial charge in [-0.25, -0.2) is 4.39 Å². The van der Waals surface area contributed by atoms with Crippen LogP contribution in [0, 0.1) is 11.2 Å². The van der Waals surface area contributed by atoms with Crippen LogP contribution in [0.4, 0.5) is 4.39 Å². The molecule has 24 heavy (non-hydrogen) atoms. The normalized spacial score (nSPS) is 10.8. The predicted octanol–water partition coefficient (Wildman–Crippen LogP) is 3.38. The van der Waals surface area contributed by atoms with Gasteiger partial charge in [0, 0.05) is 22.6 Å². The lowest BCUT2D eigenvalue weighted by molar-refractivity contribution is 0.433. The van der Waals surface area contributed by atoms with E-state index in [0.29, 0.717) is 28.3 Å². The number of nitrogens with zero attached hydrogens (tertiary/aromatic N) is 2.